The van der Waals surface area contributed by atoms with E-state index < -0.39 is 98.1 Å². The molecule has 4 fully saturated rings. The number of halogens is 1. The normalized spacial score (nSPS) is 39.0. The molecule has 2 saturated heterocycles. The van der Waals surface area contributed by atoms with Crippen LogP contribution in [0.4, 0.5) is 0 Å². The molecule has 62 heavy (non-hydrogen) atoms. The lowest BCUT2D eigenvalue weighted by atomic mass is 9.69. The van der Waals surface area contributed by atoms with E-state index in [9.17, 15) is 40.2 Å². The molecular formula is C47H80INO13. The quantitative estimate of drug-likeness (QED) is 0.0380. The third-order valence-electron chi connectivity index (χ3n) is 14.4. The van der Waals surface area contributed by atoms with Gasteiger partial charge in [0.2, 0.25) is 5.91 Å². The van der Waals surface area contributed by atoms with E-state index in [1.165, 1.54) is 6.92 Å². The van der Waals surface area contributed by atoms with E-state index in [4.69, 9.17) is 23.7 Å². The van der Waals surface area contributed by atoms with Crippen LogP contribution in [0.25, 0.3) is 0 Å². The zero-order chi connectivity index (χ0) is 45.7. The zero-order valence-corrected chi connectivity index (χ0v) is 40.4. The molecule has 2 heterocycles. The smallest absolute Gasteiger partial charge is 0.332 e. The monoisotopic (exact) mass is 993 g/mol. The number of ether oxygens (including phenoxy) is 5. The number of nitrogens with one attached hydrogen (secondary N) is 1. The molecular weight excluding hydrogens is 913 g/mol. The minimum absolute atomic E-state index is 0.0964. The van der Waals surface area contributed by atoms with Gasteiger partial charge in [0, 0.05) is 10.3 Å². The first-order chi connectivity index (χ1) is 29.5. The molecule has 17 atom stereocenters. The second kappa shape index (κ2) is 25.6. The van der Waals surface area contributed by atoms with E-state index >= 15 is 0 Å². The van der Waals surface area contributed by atoms with Crippen molar-refractivity contribution < 1.29 is 63.9 Å². The molecule has 1 amide bonds. The number of carboxylic acids is 1. The maximum Gasteiger partial charge on any atom is 0.332 e. The number of hydrogen-bond acceptors (Lipinski definition) is 12. The fourth-order valence-electron chi connectivity index (χ4n) is 10.4. The second-order valence-corrected chi connectivity index (χ2v) is 20.8. The zero-order valence-electron chi connectivity index (χ0n) is 38.2. The van der Waals surface area contributed by atoms with Crippen molar-refractivity contribution in [3.8, 4) is 0 Å². The maximum atomic E-state index is 12.9. The predicted molar refractivity (Wildman–Crippen MR) is 243 cm³/mol. The van der Waals surface area contributed by atoms with Gasteiger partial charge in [0.15, 0.2) is 18.7 Å². The van der Waals surface area contributed by atoms with Gasteiger partial charge in [0.25, 0.3) is 0 Å². The Kier molecular flexibility index (Phi) is 22.0. The van der Waals surface area contributed by atoms with Crippen molar-refractivity contribution in [2.75, 3.05) is 6.61 Å². The molecule has 0 aromatic rings. The summed E-state index contributed by atoms with van der Waals surface area (Å²) in [5.41, 5.74) is 0. The summed E-state index contributed by atoms with van der Waals surface area (Å²) in [6.45, 7) is 12.9. The number of rotatable bonds is 22. The Morgan fingerprint density at radius 3 is 2.21 bits per heavy atom. The summed E-state index contributed by atoms with van der Waals surface area (Å²) in [6.07, 6.45) is 5.69. The van der Waals surface area contributed by atoms with E-state index in [2.05, 4.69) is 66.9 Å². The van der Waals surface area contributed by atoms with E-state index in [1.54, 1.807) is 6.92 Å². The summed E-state index contributed by atoms with van der Waals surface area (Å²) in [6, 6.07) is -1.19. The lowest BCUT2D eigenvalue weighted by molar-refractivity contribution is -0.339. The molecule has 7 N–H and O–H groups in total. The van der Waals surface area contributed by atoms with E-state index in [0.717, 1.165) is 70.6 Å². The summed E-state index contributed by atoms with van der Waals surface area (Å²) in [5.74, 6) is -0.428. The van der Waals surface area contributed by atoms with Crippen LogP contribution in [0, 0.1) is 29.6 Å². The van der Waals surface area contributed by atoms with Crippen LogP contribution in [-0.4, -0.2) is 132 Å². The Balaban J connectivity index is 1.63. The Hall–Kier alpha value is -1.25. The van der Waals surface area contributed by atoms with Crippen molar-refractivity contribution in [2.24, 2.45) is 29.6 Å². The highest BCUT2D eigenvalue weighted by molar-refractivity contribution is 14.1. The van der Waals surface area contributed by atoms with Crippen molar-refractivity contribution in [3.05, 3.63) is 24.3 Å². The maximum absolute atomic E-state index is 12.9. The second-order valence-electron chi connectivity index (χ2n) is 18.6. The van der Waals surface area contributed by atoms with Crippen molar-refractivity contribution in [1.29, 1.82) is 0 Å². The summed E-state index contributed by atoms with van der Waals surface area (Å²) < 4.78 is 32.0. The van der Waals surface area contributed by atoms with Crippen molar-refractivity contribution >= 4 is 34.5 Å². The molecule has 2 aliphatic carbocycles. The fraction of sp³-hybridized carbons (Fsp3) is 0.872. The van der Waals surface area contributed by atoms with Crippen molar-refractivity contribution in [3.63, 3.8) is 0 Å². The van der Waals surface area contributed by atoms with E-state index in [1.807, 2.05) is 19.9 Å². The largest absolute Gasteiger partial charge is 0.479 e. The molecule has 358 valence electrons. The van der Waals surface area contributed by atoms with E-state index in [-0.39, 0.29) is 27.6 Å². The number of amides is 1. The lowest BCUT2D eigenvalue weighted by Gasteiger charge is -2.51. The molecule has 4 aliphatic rings. The van der Waals surface area contributed by atoms with Crippen LogP contribution in [0.1, 0.15) is 138 Å². The van der Waals surface area contributed by atoms with Gasteiger partial charge in [0.05, 0.1) is 24.9 Å². The first-order valence-corrected chi connectivity index (χ1v) is 24.6. The van der Waals surface area contributed by atoms with Crippen LogP contribution in [0.5, 0.6) is 0 Å². The highest BCUT2D eigenvalue weighted by Gasteiger charge is 2.54. The molecule has 15 heteroatoms. The Morgan fingerprint density at radius 2 is 1.61 bits per heavy atom. The Bertz CT molecular complexity index is 1410. The van der Waals surface area contributed by atoms with Gasteiger partial charge in [-0.15, -0.1) is 0 Å². The first-order valence-electron chi connectivity index (χ1n) is 23.6. The van der Waals surface area contributed by atoms with Crippen LogP contribution in [-0.2, 0) is 33.3 Å². The predicted octanol–water partition coefficient (Wildman–Crippen LogP) is 5.96. The number of aliphatic hydroxyl groups excluding tert-OH is 5. The summed E-state index contributed by atoms with van der Waals surface area (Å²) in [7, 11) is 0. The number of aliphatic carboxylic acids is 1. The average molecular weight is 994 g/mol. The molecule has 14 nitrogen and oxygen atoms in total. The van der Waals surface area contributed by atoms with Gasteiger partial charge in [-0.05, 0) is 114 Å². The molecule has 0 spiro atoms. The molecule has 2 saturated carbocycles. The average Bonchev–Trinajstić information content (AvgIpc) is 3.25. The van der Waals surface area contributed by atoms with Gasteiger partial charge in [-0.25, -0.2) is 4.79 Å². The van der Waals surface area contributed by atoms with Gasteiger partial charge >= 0.3 is 5.97 Å². The topological polar surface area (TPSA) is 214 Å². The minimum atomic E-state index is -1.55. The summed E-state index contributed by atoms with van der Waals surface area (Å²) >= 11 is 2.58. The Morgan fingerprint density at radius 1 is 0.903 bits per heavy atom. The molecule has 10 unspecified atom stereocenters. The summed E-state index contributed by atoms with van der Waals surface area (Å²) in [4.78, 5) is 25.8. The summed E-state index contributed by atoms with van der Waals surface area (Å²) in [5, 5.41) is 67.8. The number of alkyl halides is 1. The third kappa shape index (κ3) is 14.1. The number of aliphatic hydroxyl groups is 5. The lowest BCUT2D eigenvalue weighted by Crippen LogP contribution is -2.67. The molecule has 0 radical (unpaired) electrons. The number of carboxylic acid groups (broad SMARTS) is 1. The van der Waals surface area contributed by atoms with Crippen LogP contribution in [0.15, 0.2) is 24.3 Å². The number of hydrogen-bond donors (Lipinski definition) is 7. The van der Waals surface area contributed by atoms with Crippen LogP contribution < -0.4 is 5.32 Å². The third-order valence-corrected chi connectivity index (χ3v) is 16.6. The van der Waals surface area contributed by atoms with Gasteiger partial charge in [-0.3, -0.25) is 4.79 Å². The fourth-order valence-corrected chi connectivity index (χ4v) is 11.2. The van der Waals surface area contributed by atoms with Crippen molar-refractivity contribution in [2.45, 2.75) is 221 Å². The van der Waals surface area contributed by atoms with Gasteiger partial charge in [-0.2, -0.15) is 0 Å². The van der Waals surface area contributed by atoms with Crippen LogP contribution in [0.3, 0.4) is 0 Å². The number of allylic oxidation sites excluding steroid dienone is 4. The molecule has 0 bridgehead atoms. The highest BCUT2D eigenvalue weighted by Crippen LogP contribution is 2.49. The van der Waals surface area contributed by atoms with Gasteiger partial charge in [-0.1, -0.05) is 93.9 Å². The molecule has 4 rings (SSSR count). The SMILES string of the molecule is C/C=C/CCC(I)(CC)C1CC(CC)[C@@H](O[C@@H]2OC(C)[C@@H](O)C(O)C2O)[C@H](O[C@@H]2OC(CO)[C@H](O)C(O[C@@H](CC3CCC(C(C)CC/C=C\CC)CC3)C(=O)O)C2NC(C)=O)C1. The molecule has 2 aliphatic heterocycles. The standard InChI is InChI=1S/C47H80INO13/c1-8-12-14-15-17-27(5)32-20-18-30(19-21-32)23-35(44(56)57)59-43-37(49-29(7)51)45(61-36(26-50)39(43)53)60-34-25-33(47(48,11-4)22-16-13-9-2)24-31(10-3)42(34)62-46-41(55)40(54)38(52)28(6)58-46/h9,12-14,27-28,30-43,45-46,50,52-55H,8,10-11,15-26H2,1-7H3,(H,49,51)(H,56,57)/b13-9+,14-12-/t27?,28?,30?,31?,32?,33?,34-,35+,36?,37?,38-,39+,40?,41?,42-,43?,45-,46+,47?/m1/s1. The van der Waals surface area contributed by atoms with Gasteiger partial charge in [0.1, 0.15) is 42.7 Å². The minimum Gasteiger partial charge on any atom is -0.479 e. The Labute approximate surface area is 384 Å². The number of carbonyl (C=O) groups is 2. The van der Waals surface area contributed by atoms with Crippen LogP contribution >= 0.6 is 22.6 Å². The van der Waals surface area contributed by atoms with Crippen molar-refractivity contribution in [1.82, 2.24) is 5.32 Å². The van der Waals surface area contributed by atoms with Gasteiger partial charge < -0.3 is 59.6 Å². The van der Waals surface area contributed by atoms with Crippen LogP contribution in [0.2, 0.25) is 0 Å². The van der Waals surface area contributed by atoms with E-state index in [0.29, 0.717) is 24.7 Å². The number of carbonyl (C=O) groups excluding carboxylic acids is 1. The molecule has 0 aromatic carbocycles. The molecule has 0 aromatic heterocycles. The first kappa shape index (κ1) is 53.4. The highest BCUT2D eigenvalue weighted by atomic mass is 127.